The van der Waals surface area contributed by atoms with E-state index < -0.39 is 17.3 Å². The number of halogens is 2. The van der Waals surface area contributed by atoms with Crippen molar-refractivity contribution < 1.29 is 29.8 Å². The monoisotopic (exact) mass is 584 g/mol. The van der Waals surface area contributed by atoms with E-state index in [1.807, 2.05) is 45.2 Å². The third-order valence-corrected chi connectivity index (χ3v) is 4.66. The van der Waals surface area contributed by atoms with Crippen LogP contribution >= 0.6 is 0 Å². The van der Waals surface area contributed by atoms with Gasteiger partial charge in [-0.05, 0) is 44.3 Å². The summed E-state index contributed by atoms with van der Waals surface area (Å²) in [6.07, 6.45) is 1.82. The Balaban J connectivity index is 0.00000256. The molecule has 4 rings (SSSR count). The summed E-state index contributed by atoms with van der Waals surface area (Å²) in [4.78, 5) is 12.2. The van der Waals surface area contributed by atoms with E-state index in [1.54, 1.807) is 22.9 Å². The minimum absolute atomic E-state index is 0. The van der Waals surface area contributed by atoms with Gasteiger partial charge in [-0.1, -0.05) is 23.8 Å². The Labute approximate surface area is 187 Å². The van der Waals surface area contributed by atoms with Crippen molar-refractivity contribution in [3.8, 4) is 17.1 Å². The Kier molecular flexibility index (Phi) is 6.22. The molecule has 0 aromatic carbocycles. The van der Waals surface area contributed by atoms with E-state index in [0.717, 1.165) is 17.5 Å². The summed E-state index contributed by atoms with van der Waals surface area (Å²) in [5, 5.41) is 4.64. The molecule has 0 aliphatic rings. The topological polar surface area (TPSA) is 56.5 Å². The van der Waals surface area contributed by atoms with Crippen LogP contribution in [-0.2, 0) is 26.5 Å². The molecule has 0 saturated carbocycles. The number of pyridine rings is 3. The zero-order valence-corrected chi connectivity index (χ0v) is 18.7. The van der Waals surface area contributed by atoms with Crippen molar-refractivity contribution in [2.75, 3.05) is 0 Å². The van der Waals surface area contributed by atoms with Gasteiger partial charge in [0.15, 0.2) is 0 Å². The predicted molar refractivity (Wildman–Crippen MR) is 103 cm³/mol. The van der Waals surface area contributed by atoms with Crippen LogP contribution in [0.5, 0.6) is 0 Å². The second kappa shape index (κ2) is 8.52. The summed E-state index contributed by atoms with van der Waals surface area (Å²) in [5.74, 6) is -1.27. The predicted octanol–water partition coefficient (Wildman–Crippen LogP) is 4.23. The number of hydrogen-bond acceptors (Lipinski definition) is 4. The molecule has 0 N–H and O–H groups in total. The SMILES string of the molecule is Cc1cc[c-]c(-n2ccc(C(C)(C)c3cccc(-c4[c-]cc(F)nc4F)n3)n2)n1.[Pt+2]. The van der Waals surface area contributed by atoms with Crippen molar-refractivity contribution in [2.45, 2.75) is 26.2 Å². The average Bonchev–Trinajstić information content (AvgIpc) is 3.19. The molecule has 0 atom stereocenters. The first-order valence-corrected chi connectivity index (χ1v) is 8.98. The van der Waals surface area contributed by atoms with Crippen LogP contribution in [0.15, 0.2) is 48.7 Å². The van der Waals surface area contributed by atoms with Crippen LogP contribution in [0.2, 0.25) is 0 Å². The van der Waals surface area contributed by atoms with E-state index in [2.05, 4.69) is 32.2 Å². The molecule has 4 aromatic rings. The van der Waals surface area contributed by atoms with E-state index in [1.165, 1.54) is 0 Å². The molecule has 0 unspecified atom stereocenters. The van der Waals surface area contributed by atoms with E-state index in [0.29, 0.717) is 17.2 Å². The fraction of sp³-hybridized carbons (Fsp3) is 0.182. The maximum atomic E-state index is 14.1. The molecule has 30 heavy (non-hydrogen) atoms. The number of rotatable bonds is 4. The zero-order valence-electron chi connectivity index (χ0n) is 16.4. The van der Waals surface area contributed by atoms with Crippen molar-refractivity contribution in [1.82, 2.24) is 24.7 Å². The molecule has 0 amide bonds. The van der Waals surface area contributed by atoms with Gasteiger partial charge in [-0.25, -0.2) is 25.6 Å². The average molecular weight is 584 g/mol. The summed E-state index contributed by atoms with van der Waals surface area (Å²) in [6, 6.07) is 17.4. The Morgan fingerprint density at radius 1 is 0.967 bits per heavy atom. The van der Waals surface area contributed by atoms with E-state index in [4.69, 9.17) is 0 Å². The summed E-state index contributed by atoms with van der Waals surface area (Å²) >= 11 is 0. The molecular weight excluding hydrogens is 567 g/mol. The van der Waals surface area contributed by atoms with E-state index in [9.17, 15) is 8.78 Å². The number of aryl methyl sites for hydroxylation is 1. The second-order valence-electron chi connectivity index (χ2n) is 7.12. The molecule has 4 heterocycles. The molecule has 0 radical (unpaired) electrons. The first-order valence-electron chi connectivity index (χ1n) is 8.98. The van der Waals surface area contributed by atoms with Gasteiger partial charge in [0.25, 0.3) is 0 Å². The largest absolute Gasteiger partial charge is 2.00 e. The molecular formula is C22H17F2N5Pt. The molecule has 5 nitrogen and oxygen atoms in total. The number of aromatic nitrogens is 5. The van der Waals surface area contributed by atoms with E-state index >= 15 is 0 Å². The van der Waals surface area contributed by atoms with E-state index in [-0.39, 0.29) is 26.6 Å². The summed E-state index contributed by atoms with van der Waals surface area (Å²) in [5.41, 5.74) is 2.09. The van der Waals surface area contributed by atoms with Crippen molar-refractivity contribution in [1.29, 1.82) is 0 Å². The van der Waals surface area contributed by atoms with Gasteiger partial charge in [0.05, 0.1) is 16.9 Å². The van der Waals surface area contributed by atoms with Crippen LogP contribution < -0.4 is 0 Å². The third kappa shape index (κ3) is 4.21. The molecule has 8 heteroatoms. The van der Waals surface area contributed by atoms with Gasteiger partial charge in [0.2, 0.25) is 0 Å². The van der Waals surface area contributed by atoms with Crippen molar-refractivity contribution in [3.63, 3.8) is 0 Å². The molecule has 0 fully saturated rings. The molecule has 0 aliphatic carbocycles. The molecule has 4 aromatic heterocycles. The normalized spacial score (nSPS) is 11.2. The Hall–Kier alpha value is -2.79. The van der Waals surface area contributed by atoms with Crippen molar-refractivity contribution >= 4 is 0 Å². The van der Waals surface area contributed by atoms with Gasteiger partial charge >= 0.3 is 21.1 Å². The summed E-state index contributed by atoms with van der Waals surface area (Å²) < 4.78 is 28.8. The third-order valence-electron chi connectivity index (χ3n) is 4.66. The molecule has 0 saturated heterocycles. The Morgan fingerprint density at radius 2 is 1.77 bits per heavy atom. The maximum Gasteiger partial charge on any atom is 2.00 e. The van der Waals surface area contributed by atoms with Crippen molar-refractivity contribution in [2.24, 2.45) is 0 Å². The molecule has 0 aliphatic heterocycles. The summed E-state index contributed by atoms with van der Waals surface area (Å²) in [6.45, 7) is 5.85. The molecule has 0 bridgehead atoms. The van der Waals surface area contributed by atoms with Gasteiger partial charge in [-0.3, -0.25) is 9.97 Å². The van der Waals surface area contributed by atoms with Gasteiger partial charge in [0, 0.05) is 11.9 Å². The molecule has 154 valence electrons. The fourth-order valence-corrected chi connectivity index (χ4v) is 2.97. The van der Waals surface area contributed by atoms with Crippen molar-refractivity contribution in [3.05, 3.63) is 89.8 Å². The number of nitrogens with zero attached hydrogens (tertiary/aromatic N) is 5. The smallest absolute Gasteiger partial charge is 0.300 e. The summed E-state index contributed by atoms with van der Waals surface area (Å²) in [7, 11) is 0. The van der Waals surface area contributed by atoms with Crippen LogP contribution in [0, 0.1) is 31.0 Å². The fourth-order valence-electron chi connectivity index (χ4n) is 2.97. The van der Waals surface area contributed by atoms with Gasteiger partial charge in [-0.2, -0.15) is 11.2 Å². The first kappa shape index (κ1) is 21.9. The maximum absolute atomic E-state index is 14.1. The van der Waals surface area contributed by atoms with Gasteiger partial charge in [0.1, 0.15) is 11.9 Å². The van der Waals surface area contributed by atoms with Crippen LogP contribution in [0.1, 0.15) is 30.9 Å². The quantitative estimate of drug-likeness (QED) is 0.266. The number of hydrogen-bond donors (Lipinski definition) is 0. The second-order valence-corrected chi connectivity index (χ2v) is 7.12. The minimum atomic E-state index is -0.946. The van der Waals surface area contributed by atoms with Crippen LogP contribution in [0.25, 0.3) is 17.1 Å². The van der Waals surface area contributed by atoms with Crippen LogP contribution in [0.4, 0.5) is 8.78 Å². The minimum Gasteiger partial charge on any atom is -0.300 e. The Bertz CT molecular complexity index is 1190. The first-order chi connectivity index (χ1) is 13.8. The van der Waals surface area contributed by atoms with Crippen LogP contribution in [0.3, 0.4) is 0 Å². The Morgan fingerprint density at radius 3 is 2.50 bits per heavy atom. The van der Waals surface area contributed by atoms with Gasteiger partial charge < -0.3 is 4.98 Å². The van der Waals surface area contributed by atoms with Gasteiger partial charge in [-0.15, -0.1) is 6.07 Å². The zero-order chi connectivity index (χ0) is 20.6. The molecule has 0 spiro atoms. The standard InChI is InChI=1S/C22H17F2N5.Pt/c1-14-6-4-9-20(25-14)29-13-12-18(28-29)22(2,3)17-8-5-7-16(26-17)15-10-11-19(23)27-21(15)24;/h4-8,11-13H,1-3H3;/q-2;+2. The van der Waals surface area contributed by atoms with Crippen LogP contribution in [-0.4, -0.2) is 24.7 Å².